The van der Waals surface area contributed by atoms with Gasteiger partial charge in [-0.15, -0.1) is 0 Å². The number of fused-ring (bicyclic) bond motifs is 2. The molecule has 0 radical (unpaired) electrons. The monoisotopic (exact) mass is 366 g/mol. The zero-order valence-corrected chi connectivity index (χ0v) is 15.2. The molecule has 0 aliphatic heterocycles. The molecule has 28 heavy (non-hydrogen) atoms. The summed E-state index contributed by atoms with van der Waals surface area (Å²) in [7, 11) is 0. The van der Waals surface area contributed by atoms with Crippen LogP contribution in [0.5, 0.6) is 0 Å². The van der Waals surface area contributed by atoms with E-state index in [1.807, 2.05) is 36.5 Å². The van der Waals surface area contributed by atoms with E-state index in [1.54, 1.807) is 12.3 Å². The van der Waals surface area contributed by atoms with Gasteiger partial charge in [0.1, 0.15) is 6.42 Å². The lowest BCUT2D eigenvalue weighted by molar-refractivity contribution is -0.120. The summed E-state index contributed by atoms with van der Waals surface area (Å²) in [6.45, 7) is 0.736. The van der Waals surface area contributed by atoms with E-state index in [0.717, 1.165) is 23.0 Å². The zero-order chi connectivity index (χ0) is 19.3. The molecule has 0 spiro atoms. The molecule has 4 rings (SSSR count). The van der Waals surface area contributed by atoms with Crippen LogP contribution in [0.1, 0.15) is 17.5 Å². The largest absolute Gasteiger partial charge is 0.342 e. The van der Waals surface area contributed by atoms with E-state index in [1.165, 1.54) is 16.3 Å². The van der Waals surface area contributed by atoms with E-state index >= 15 is 0 Å². The molecule has 136 valence electrons. The number of carbonyl (C=O) groups is 1. The molecule has 3 aromatic carbocycles. The first-order valence-corrected chi connectivity index (χ1v) is 8.99. The molecular formula is C23H18N4O. The maximum atomic E-state index is 11.4. The number of hydrogen-bond donors (Lipinski definition) is 1. The molecular weight excluding hydrogens is 348 g/mol. The fourth-order valence-corrected chi connectivity index (χ4v) is 3.33. The molecule has 5 nitrogen and oxygen atoms in total. The van der Waals surface area contributed by atoms with Crippen LogP contribution in [-0.2, 0) is 11.3 Å². The van der Waals surface area contributed by atoms with Crippen molar-refractivity contribution in [3.63, 3.8) is 0 Å². The summed E-state index contributed by atoms with van der Waals surface area (Å²) in [6.07, 6.45) is 3.44. The molecule has 1 heterocycles. The van der Waals surface area contributed by atoms with E-state index < -0.39 is 5.91 Å². The Balaban J connectivity index is 1.64. The third-order valence-corrected chi connectivity index (χ3v) is 4.62. The van der Waals surface area contributed by atoms with Crippen molar-refractivity contribution in [3.05, 3.63) is 84.1 Å². The smallest absolute Gasteiger partial charge is 0.254 e. The van der Waals surface area contributed by atoms with Crippen molar-refractivity contribution >= 4 is 33.8 Å². The molecule has 4 aromatic rings. The SMILES string of the molecule is N#CCC(=O)N/N=C\c1cn(Cc2ccc3ccccc3c2)c2ccccc12. The summed E-state index contributed by atoms with van der Waals surface area (Å²) < 4.78 is 2.18. The Labute approximate surface area is 162 Å². The lowest BCUT2D eigenvalue weighted by Gasteiger charge is -2.07. The van der Waals surface area contributed by atoms with Gasteiger partial charge in [-0.3, -0.25) is 4.79 Å². The number of amides is 1. The summed E-state index contributed by atoms with van der Waals surface area (Å²) >= 11 is 0. The highest BCUT2D eigenvalue weighted by Gasteiger charge is 2.08. The maximum Gasteiger partial charge on any atom is 0.254 e. The van der Waals surface area contributed by atoms with E-state index in [-0.39, 0.29) is 6.42 Å². The van der Waals surface area contributed by atoms with Crippen LogP contribution < -0.4 is 5.43 Å². The quantitative estimate of drug-likeness (QED) is 0.425. The van der Waals surface area contributed by atoms with Crippen LogP contribution in [0.2, 0.25) is 0 Å². The lowest BCUT2D eigenvalue weighted by Crippen LogP contribution is -2.16. The Bertz CT molecular complexity index is 1230. The van der Waals surface area contributed by atoms with Gasteiger partial charge in [0.05, 0.1) is 12.3 Å². The minimum atomic E-state index is -0.418. The Morgan fingerprint density at radius 2 is 1.86 bits per heavy atom. The second-order valence-electron chi connectivity index (χ2n) is 6.54. The van der Waals surface area contributed by atoms with Crippen LogP contribution in [0.25, 0.3) is 21.7 Å². The predicted octanol–water partition coefficient (Wildman–Crippen LogP) is 4.21. The molecule has 0 atom stereocenters. The van der Waals surface area contributed by atoms with Crippen molar-refractivity contribution < 1.29 is 4.79 Å². The number of nitrogens with one attached hydrogen (secondary N) is 1. The highest BCUT2D eigenvalue weighted by atomic mass is 16.2. The number of hydrazone groups is 1. The molecule has 0 bridgehead atoms. The zero-order valence-electron chi connectivity index (χ0n) is 15.2. The molecule has 0 saturated heterocycles. The van der Waals surface area contributed by atoms with Gasteiger partial charge >= 0.3 is 0 Å². The highest BCUT2D eigenvalue weighted by molar-refractivity contribution is 5.99. The van der Waals surface area contributed by atoms with Crippen molar-refractivity contribution in [1.29, 1.82) is 5.26 Å². The maximum absolute atomic E-state index is 11.4. The van der Waals surface area contributed by atoms with Gasteiger partial charge in [-0.1, -0.05) is 54.6 Å². The number of aromatic nitrogens is 1. The Hall–Kier alpha value is -3.91. The van der Waals surface area contributed by atoms with Crippen LogP contribution in [-0.4, -0.2) is 16.7 Å². The van der Waals surface area contributed by atoms with Gasteiger partial charge in [-0.2, -0.15) is 10.4 Å². The van der Waals surface area contributed by atoms with Gasteiger partial charge in [0.15, 0.2) is 0 Å². The molecule has 0 aliphatic rings. The lowest BCUT2D eigenvalue weighted by atomic mass is 10.1. The number of nitriles is 1. The Morgan fingerprint density at radius 1 is 1.07 bits per heavy atom. The molecule has 1 aromatic heterocycles. The van der Waals surface area contributed by atoms with Crippen molar-refractivity contribution in [2.45, 2.75) is 13.0 Å². The fourth-order valence-electron chi connectivity index (χ4n) is 3.33. The van der Waals surface area contributed by atoms with E-state index in [9.17, 15) is 4.79 Å². The molecule has 0 fully saturated rings. The van der Waals surface area contributed by atoms with E-state index in [2.05, 4.69) is 51.5 Å². The van der Waals surface area contributed by atoms with Crippen molar-refractivity contribution in [2.24, 2.45) is 5.10 Å². The summed E-state index contributed by atoms with van der Waals surface area (Å²) in [4.78, 5) is 11.4. The van der Waals surface area contributed by atoms with Gasteiger partial charge < -0.3 is 4.57 Å². The van der Waals surface area contributed by atoms with E-state index in [0.29, 0.717) is 0 Å². The van der Waals surface area contributed by atoms with Crippen LogP contribution in [0, 0.1) is 11.3 Å². The number of rotatable bonds is 5. The van der Waals surface area contributed by atoms with Crippen molar-refractivity contribution in [3.8, 4) is 6.07 Å². The number of benzene rings is 3. The topological polar surface area (TPSA) is 70.2 Å². The van der Waals surface area contributed by atoms with Crippen LogP contribution in [0.15, 0.2) is 78.0 Å². The third kappa shape index (κ3) is 3.62. The molecule has 1 N–H and O–H groups in total. The molecule has 1 amide bonds. The highest BCUT2D eigenvalue weighted by Crippen LogP contribution is 2.22. The predicted molar refractivity (Wildman–Crippen MR) is 111 cm³/mol. The van der Waals surface area contributed by atoms with Crippen molar-refractivity contribution in [2.75, 3.05) is 0 Å². The summed E-state index contributed by atoms with van der Waals surface area (Å²) in [5.41, 5.74) is 5.60. The first-order chi connectivity index (χ1) is 13.7. The number of para-hydroxylation sites is 1. The minimum absolute atomic E-state index is 0.207. The minimum Gasteiger partial charge on any atom is -0.342 e. The molecule has 5 heteroatoms. The normalized spacial score (nSPS) is 11.1. The van der Waals surface area contributed by atoms with Crippen molar-refractivity contribution in [1.82, 2.24) is 9.99 Å². The Morgan fingerprint density at radius 3 is 2.71 bits per heavy atom. The second-order valence-corrected chi connectivity index (χ2v) is 6.54. The Kier molecular flexibility index (Phi) is 4.85. The summed E-state index contributed by atoms with van der Waals surface area (Å²) in [5.74, 6) is -0.418. The van der Waals surface area contributed by atoms with Crippen LogP contribution >= 0.6 is 0 Å². The summed E-state index contributed by atoms with van der Waals surface area (Å²) in [5, 5.41) is 16.0. The van der Waals surface area contributed by atoms with Gasteiger partial charge in [0, 0.05) is 29.2 Å². The third-order valence-electron chi connectivity index (χ3n) is 4.62. The van der Waals surface area contributed by atoms with E-state index in [4.69, 9.17) is 5.26 Å². The number of carbonyl (C=O) groups excluding carboxylic acids is 1. The van der Waals surface area contributed by atoms with Gasteiger partial charge in [0.25, 0.3) is 5.91 Å². The first kappa shape index (κ1) is 17.5. The molecule has 0 saturated carbocycles. The standard InChI is InChI=1S/C23H18N4O/c24-12-11-23(28)26-25-14-20-16-27(22-8-4-3-7-21(20)22)15-17-9-10-18-5-1-2-6-19(18)13-17/h1-10,13-14,16H,11,15H2,(H,26,28)/b25-14-. The number of nitrogens with zero attached hydrogens (tertiary/aromatic N) is 3. The van der Waals surface area contributed by atoms with Gasteiger partial charge in [0.2, 0.25) is 0 Å². The second kappa shape index (κ2) is 7.77. The average Bonchev–Trinajstić information content (AvgIpc) is 3.06. The molecule has 0 unspecified atom stereocenters. The van der Waals surface area contributed by atoms with Crippen LogP contribution in [0.4, 0.5) is 0 Å². The van der Waals surface area contributed by atoms with Crippen LogP contribution in [0.3, 0.4) is 0 Å². The fraction of sp³-hybridized carbons (Fsp3) is 0.0870. The molecule has 0 aliphatic carbocycles. The number of hydrogen-bond acceptors (Lipinski definition) is 3. The first-order valence-electron chi connectivity index (χ1n) is 8.99. The average molecular weight is 366 g/mol. The van der Waals surface area contributed by atoms with Gasteiger partial charge in [-0.25, -0.2) is 5.43 Å². The van der Waals surface area contributed by atoms with Gasteiger partial charge in [-0.05, 0) is 28.5 Å². The summed E-state index contributed by atoms with van der Waals surface area (Å²) in [6, 6.07) is 24.7.